The number of benzene rings is 1. The summed E-state index contributed by atoms with van der Waals surface area (Å²) in [6, 6.07) is 5.03. The van der Waals surface area contributed by atoms with Crippen molar-refractivity contribution in [2.24, 2.45) is 5.92 Å². The first-order valence-corrected chi connectivity index (χ1v) is 7.71. The fourth-order valence-corrected chi connectivity index (χ4v) is 2.20. The number of halogens is 2. The van der Waals surface area contributed by atoms with Crippen molar-refractivity contribution < 1.29 is 9.84 Å². The molecule has 20 heavy (non-hydrogen) atoms. The molecule has 0 saturated heterocycles. The molecule has 0 radical (unpaired) electrons. The topological polar surface area (TPSA) is 41.5 Å². The zero-order chi connectivity index (χ0) is 15.0. The van der Waals surface area contributed by atoms with Gasteiger partial charge < -0.3 is 15.2 Å². The standard InChI is InChI=1S/C15H23Cl2NO2/c1-11(2)4-3-7-18-9-13(19)10-20-15-6-5-12(16)8-14(15)17/h5-6,8,11,13,18-19H,3-4,7,9-10H2,1-2H3. The van der Waals surface area contributed by atoms with Gasteiger partial charge in [-0.25, -0.2) is 0 Å². The highest BCUT2D eigenvalue weighted by Gasteiger charge is 2.07. The van der Waals surface area contributed by atoms with Crippen molar-refractivity contribution >= 4 is 23.2 Å². The largest absolute Gasteiger partial charge is 0.489 e. The van der Waals surface area contributed by atoms with Gasteiger partial charge in [-0.1, -0.05) is 37.0 Å². The van der Waals surface area contributed by atoms with Gasteiger partial charge in [-0.3, -0.25) is 0 Å². The Labute approximate surface area is 131 Å². The molecule has 1 unspecified atom stereocenters. The molecular formula is C15H23Cl2NO2. The summed E-state index contributed by atoms with van der Waals surface area (Å²) in [6.45, 7) is 6.05. The average molecular weight is 320 g/mol. The van der Waals surface area contributed by atoms with E-state index >= 15 is 0 Å². The normalized spacial score (nSPS) is 12.7. The Hall–Kier alpha value is -0.480. The minimum Gasteiger partial charge on any atom is -0.489 e. The van der Waals surface area contributed by atoms with Gasteiger partial charge >= 0.3 is 0 Å². The van der Waals surface area contributed by atoms with Crippen molar-refractivity contribution in [2.45, 2.75) is 32.8 Å². The summed E-state index contributed by atoms with van der Waals surface area (Å²) in [7, 11) is 0. The molecule has 0 spiro atoms. The summed E-state index contributed by atoms with van der Waals surface area (Å²) in [6.07, 6.45) is 1.76. The SMILES string of the molecule is CC(C)CCCNCC(O)COc1ccc(Cl)cc1Cl. The van der Waals surface area contributed by atoms with Crippen molar-refractivity contribution in [3.8, 4) is 5.75 Å². The van der Waals surface area contributed by atoms with Gasteiger partial charge in [-0.15, -0.1) is 0 Å². The first-order valence-electron chi connectivity index (χ1n) is 6.95. The van der Waals surface area contributed by atoms with Crippen LogP contribution in [-0.2, 0) is 0 Å². The molecule has 0 amide bonds. The lowest BCUT2D eigenvalue weighted by atomic mass is 10.1. The van der Waals surface area contributed by atoms with Gasteiger partial charge in [0, 0.05) is 11.6 Å². The van der Waals surface area contributed by atoms with E-state index in [0.717, 1.165) is 18.9 Å². The van der Waals surface area contributed by atoms with E-state index in [2.05, 4.69) is 19.2 Å². The van der Waals surface area contributed by atoms with E-state index in [9.17, 15) is 5.11 Å². The Morgan fingerprint density at radius 3 is 2.70 bits per heavy atom. The van der Waals surface area contributed by atoms with E-state index in [1.54, 1.807) is 18.2 Å². The quantitative estimate of drug-likeness (QED) is 0.681. The van der Waals surface area contributed by atoms with E-state index in [1.807, 2.05) is 0 Å². The van der Waals surface area contributed by atoms with Gasteiger partial charge in [0.1, 0.15) is 18.5 Å². The lowest BCUT2D eigenvalue weighted by Gasteiger charge is -2.14. The number of nitrogens with one attached hydrogen (secondary N) is 1. The molecule has 0 saturated carbocycles. The van der Waals surface area contributed by atoms with Crippen LogP contribution in [0.25, 0.3) is 0 Å². The van der Waals surface area contributed by atoms with E-state index in [1.165, 1.54) is 6.42 Å². The first-order chi connectivity index (χ1) is 9.49. The van der Waals surface area contributed by atoms with Crippen LogP contribution in [0.4, 0.5) is 0 Å². The van der Waals surface area contributed by atoms with Crippen molar-refractivity contribution in [1.82, 2.24) is 5.32 Å². The summed E-state index contributed by atoms with van der Waals surface area (Å²) < 4.78 is 5.47. The molecule has 0 bridgehead atoms. The zero-order valence-electron chi connectivity index (χ0n) is 12.0. The minimum absolute atomic E-state index is 0.207. The second-order valence-electron chi connectivity index (χ2n) is 5.28. The van der Waals surface area contributed by atoms with Crippen LogP contribution < -0.4 is 10.1 Å². The first kappa shape index (κ1) is 17.6. The Balaban J connectivity index is 2.18. The van der Waals surface area contributed by atoms with Crippen LogP contribution >= 0.6 is 23.2 Å². The highest BCUT2D eigenvalue weighted by Crippen LogP contribution is 2.27. The minimum atomic E-state index is -0.555. The van der Waals surface area contributed by atoms with Gasteiger partial charge in [0.15, 0.2) is 0 Å². The molecule has 5 heteroatoms. The summed E-state index contributed by atoms with van der Waals surface area (Å²) in [5.74, 6) is 1.26. The molecule has 0 aliphatic carbocycles. The molecule has 1 aromatic rings. The highest BCUT2D eigenvalue weighted by atomic mass is 35.5. The van der Waals surface area contributed by atoms with Crippen LogP contribution in [0.2, 0.25) is 10.0 Å². The van der Waals surface area contributed by atoms with Gasteiger partial charge in [0.2, 0.25) is 0 Å². The number of hydrogen-bond acceptors (Lipinski definition) is 3. The lowest BCUT2D eigenvalue weighted by molar-refractivity contribution is 0.106. The number of hydrogen-bond donors (Lipinski definition) is 2. The smallest absolute Gasteiger partial charge is 0.138 e. The molecule has 0 aliphatic rings. The maximum absolute atomic E-state index is 9.81. The van der Waals surface area contributed by atoms with Crippen molar-refractivity contribution in [2.75, 3.05) is 19.7 Å². The number of aliphatic hydroxyl groups is 1. The monoisotopic (exact) mass is 319 g/mol. The molecule has 2 N–H and O–H groups in total. The molecule has 3 nitrogen and oxygen atoms in total. The molecule has 0 aliphatic heterocycles. The Morgan fingerprint density at radius 1 is 1.30 bits per heavy atom. The Kier molecular flexibility index (Phi) is 8.31. The molecule has 1 aromatic carbocycles. The van der Waals surface area contributed by atoms with Crippen LogP contribution in [0.15, 0.2) is 18.2 Å². The second kappa shape index (κ2) is 9.46. The maximum Gasteiger partial charge on any atom is 0.138 e. The van der Waals surface area contributed by atoms with Gasteiger partial charge in [0.05, 0.1) is 5.02 Å². The molecule has 1 rings (SSSR count). The van der Waals surface area contributed by atoms with Crippen LogP contribution in [0.1, 0.15) is 26.7 Å². The number of rotatable bonds is 9. The predicted octanol–water partition coefficient (Wildman–Crippen LogP) is 3.76. The van der Waals surface area contributed by atoms with Crippen molar-refractivity contribution in [3.05, 3.63) is 28.2 Å². The third-order valence-corrected chi connectivity index (χ3v) is 3.37. The summed E-state index contributed by atoms with van der Waals surface area (Å²) in [5, 5.41) is 14.0. The molecular weight excluding hydrogens is 297 g/mol. The van der Waals surface area contributed by atoms with E-state index in [4.69, 9.17) is 27.9 Å². The highest BCUT2D eigenvalue weighted by molar-refractivity contribution is 6.35. The third-order valence-electron chi connectivity index (χ3n) is 2.84. The number of ether oxygens (including phenoxy) is 1. The van der Waals surface area contributed by atoms with Crippen LogP contribution in [-0.4, -0.2) is 30.9 Å². The average Bonchev–Trinajstić information content (AvgIpc) is 2.37. The van der Waals surface area contributed by atoms with Crippen LogP contribution in [0, 0.1) is 5.92 Å². The summed E-state index contributed by atoms with van der Waals surface area (Å²) in [5.41, 5.74) is 0. The molecule has 0 fully saturated rings. The van der Waals surface area contributed by atoms with E-state index in [0.29, 0.717) is 22.3 Å². The molecule has 0 aromatic heterocycles. The third kappa shape index (κ3) is 7.34. The van der Waals surface area contributed by atoms with Crippen LogP contribution in [0.3, 0.4) is 0 Å². The summed E-state index contributed by atoms with van der Waals surface area (Å²) in [4.78, 5) is 0. The Bertz CT molecular complexity index is 399. The second-order valence-corrected chi connectivity index (χ2v) is 6.12. The van der Waals surface area contributed by atoms with E-state index in [-0.39, 0.29) is 6.61 Å². The number of aliphatic hydroxyl groups excluding tert-OH is 1. The van der Waals surface area contributed by atoms with Gasteiger partial charge in [0.25, 0.3) is 0 Å². The summed E-state index contributed by atoms with van der Waals surface area (Å²) >= 11 is 11.8. The molecule has 114 valence electrons. The van der Waals surface area contributed by atoms with Gasteiger partial charge in [-0.2, -0.15) is 0 Å². The lowest BCUT2D eigenvalue weighted by Crippen LogP contribution is -2.32. The van der Waals surface area contributed by atoms with E-state index < -0.39 is 6.10 Å². The van der Waals surface area contributed by atoms with Crippen molar-refractivity contribution in [3.63, 3.8) is 0 Å². The maximum atomic E-state index is 9.81. The fraction of sp³-hybridized carbons (Fsp3) is 0.600. The zero-order valence-corrected chi connectivity index (χ0v) is 13.5. The predicted molar refractivity (Wildman–Crippen MR) is 84.9 cm³/mol. The van der Waals surface area contributed by atoms with Crippen LogP contribution in [0.5, 0.6) is 5.75 Å². The molecule has 1 atom stereocenters. The van der Waals surface area contributed by atoms with Gasteiger partial charge in [-0.05, 0) is 43.5 Å². The van der Waals surface area contributed by atoms with Crippen molar-refractivity contribution in [1.29, 1.82) is 0 Å². The fourth-order valence-electron chi connectivity index (χ4n) is 1.74. The Morgan fingerprint density at radius 2 is 2.05 bits per heavy atom. The molecule has 0 heterocycles.